The van der Waals surface area contributed by atoms with Gasteiger partial charge in [-0.25, -0.2) is 0 Å². The number of rotatable bonds is 4. The zero-order chi connectivity index (χ0) is 19.5. The number of amides is 1. The number of carbonyl (C=O) groups excluding carboxylic acids is 2. The summed E-state index contributed by atoms with van der Waals surface area (Å²) in [6, 6.07) is 4.25. The highest BCUT2D eigenvalue weighted by atomic mass is 16.5. The van der Waals surface area contributed by atoms with Gasteiger partial charge in [-0.1, -0.05) is 37.5 Å². The minimum atomic E-state index is -0.626. The molecule has 1 aliphatic carbocycles. The topological polar surface area (TPSA) is 55.4 Å². The number of benzene rings is 1. The average Bonchev–Trinajstić information content (AvgIpc) is 2.48. The third kappa shape index (κ3) is 4.75. The van der Waals surface area contributed by atoms with Crippen LogP contribution in [0, 0.1) is 26.7 Å². The molecule has 1 aliphatic rings. The van der Waals surface area contributed by atoms with Crippen molar-refractivity contribution in [2.24, 2.45) is 5.92 Å². The lowest BCUT2D eigenvalue weighted by molar-refractivity contribution is -0.139. The lowest BCUT2D eigenvalue weighted by Gasteiger charge is -2.41. The number of hydrogen-bond acceptors (Lipinski definition) is 3. The van der Waals surface area contributed by atoms with E-state index >= 15 is 0 Å². The van der Waals surface area contributed by atoms with E-state index in [1.54, 1.807) is 0 Å². The van der Waals surface area contributed by atoms with Gasteiger partial charge < -0.3 is 10.1 Å². The number of ether oxygens (including phenoxy) is 1. The van der Waals surface area contributed by atoms with E-state index in [2.05, 4.69) is 45.1 Å². The Balaban J connectivity index is 2.60. The standard InChI is InChI=1S/C22H31NO3/c1-14-8-7-9-22(13-14,23-18(5)24)21(26-19(6)25)12-20-16(3)10-15(2)11-17(20)4/h10-12,14H,7-9,13H2,1-6H3,(H,23,24)/b21-12-. The molecule has 142 valence electrons. The van der Waals surface area contributed by atoms with Crippen LogP contribution in [0.25, 0.3) is 6.08 Å². The number of nitrogens with one attached hydrogen (secondary N) is 1. The summed E-state index contributed by atoms with van der Waals surface area (Å²) in [6.45, 7) is 11.3. The number of carbonyl (C=O) groups is 2. The number of hydrogen-bond donors (Lipinski definition) is 1. The van der Waals surface area contributed by atoms with Gasteiger partial charge in [0.25, 0.3) is 0 Å². The van der Waals surface area contributed by atoms with Gasteiger partial charge in [-0.3, -0.25) is 9.59 Å². The van der Waals surface area contributed by atoms with Crippen molar-refractivity contribution in [3.63, 3.8) is 0 Å². The van der Waals surface area contributed by atoms with Gasteiger partial charge in [-0.2, -0.15) is 0 Å². The molecule has 0 radical (unpaired) electrons. The third-order valence-electron chi connectivity index (χ3n) is 5.15. The van der Waals surface area contributed by atoms with Crippen molar-refractivity contribution < 1.29 is 14.3 Å². The normalized spacial score (nSPS) is 23.5. The zero-order valence-electron chi connectivity index (χ0n) is 16.9. The Bertz CT molecular complexity index is 712. The van der Waals surface area contributed by atoms with E-state index in [9.17, 15) is 9.59 Å². The summed E-state index contributed by atoms with van der Waals surface area (Å²) in [5, 5.41) is 3.12. The molecule has 0 bridgehead atoms. The first-order valence-corrected chi connectivity index (χ1v) is 9.40. The Morgan fingerprint density at radius 3 is 2.31 bits per heavy atom. The SMILES string of the molecule is CC(=O)NC1(/C(=C/c2c(C)cc(C)cc2C)OC(C)=O)CCCC(C)C1. The van der Waals surface area contributed by atoms with Crippen LogP contribution in [0.2, 0.25) is 0 Å². The Morgan fingerprint density at radius 2 is 1.81 bits per heavy atom. The molecule has 1 amide bonds. The molecular formula is C22H31NO3. The zero-order valence-corrected chi connectivity index (χ0v) is 16.9. The molecule has 0 spiro atoms. The van der Waals surface area contributed by atoms with Gasteiger partial charge >= 0.3 is 5.97 Å². The highest BCUT2D eigenvalue weighted by Gasteiger charge is 2.41. The first-order chi connectivity index (χ1) is 12.1. The summed E-state index contributed by atoms with van der Waals surface area (Å²) in [5.74, 6) is 0.549. The fraction of sp³-hybridized carbons (Fsp3) is 0.545. The molecule has 4 nitrogen and oxygen atoms in total. The molecule has 1 aromatic carbocycles. The fourth-order valence-electron chi connectivity index (χ4n) is 4.26. The molecule has 1 saturated carbocycles. The number of esters is 1. The first kappa shape index (κ1) is 20.2. The molecule has 2 atom stereocenters. The van der Waals surface area contributed by atoms with Gasteiger partial charge in [0, 0.05) is 13.8 Å². The largest absolute Gasteiger partial charge is 0.429 e. The Morgan fingerprint density at radius 1 is 1.19 bits per heavy atom. The lowest BCUT2D eigenvalue weighted by atomic mass is 9.74. The molecule has 1 N–H and O–H groups in total. The average molecular weight is 357 g/mol. The second-order valence-electron chi connectivity index (χ2n) is 7.88. The van der Waals surface area contributed by atoms with Crippen LogP contribution in [-0.2, 0) is 14.3 Å². The van der Waals surface area contributed by atoms with Crippen molar-refractivity contribution in [1.29, 1.82) is 0 Å². The monoisotopic (exact) mass is 357 g/mol. The lowest BCUT2D eigenvalue weighted by Crippen LogP contribution is -2.52. The predicted octanol–water partition coefficient (Wildman–Crippen LogP) is 4.60. The van der Waals surface area contributed by atoms with Crippen LogP contribution in [0.3, 0.4) is 0 Å². The maximum Gasteiger partial charge on any atom is 0.307 e. The van der Waals surface area contributed by atoms with Gasteiger partial charge in [0.1, 0.15) is 5.76 Å². The molecule has 26 heavy (non-hydrogen) atoms. The van der Waals surface area contributed by atoms with Crippen molar-refractivity contribution in [1.82, 2.24) is 5.32 Å². The van der Waals surface area contributed by atoms with Crippen LogP contribution in [0.1, 0.15) is 68.7 Å². The summed E-state index contributed by atoms with van der Waals surface area (Å²) in [7, 11) is 0. The summed E-state index contributed by atoms with van der Waals surface area (Å²) in [5.41, 5.74) is 3.89. The highest BCUT2D eigenvalue weighted by molar-refractivity contribution is 5.76. The van der Waals surface area contributed by atoms with Crippen LogP contribution in [0.5, 0.6) is 0 Å². The molecule has 0 aliphatic heterocycles. The highest BCUT2D eigenvalue weighted by Crippen LogP contribution is 2.39. The van der Waals surface area contributed by atoms with E-state index in [4.69, 9.17) is 4.74 Å². The maximum atomic E-state index is 12.0. The second kappa shape index (κ2) is 8.07. The van der Waals surface area contributed by atoms with Crippen LogP contribution < -0.4 is 5.32 Å². The van der Waals surface area contributed by atoms with E-state index in [1.165, 1.54) is 19.4 Å². The van der Waals surface area contributed by atoms with E-state index in [0.717, 1.165) is 42.4 Å². The van der Waals surface area contributed by atoms with Crippen LogP contribution in [0.4, 0.5) is 0 Å². The van der Waals surface area contributed by atoms with Gasteiger partial charge in [0.2, 0.25) is 5.91 Å². The van der Waals surface area contributed by atoms with E-state index in [-0.39, 0.29) is 11.9 Å². The predicted molar refractivity (Wildman–Crippen MR) is 105 cm³/mol. The van der Waals surface area contributed by atoms with E-state index in [0.29, 0.717) is 11.7 Å². The second-order valence-corrected chi connectivity index (χ2v) is 7.88. The fourth-order valence-corrected chi connectivity index (χ4v) is 4.26. The minimum Gasteiger partial charge on any atom is -0.429 e. The molecule has 2 rings (SSSR count). The Labute approximate surface area is 157 Å². The smallest absolute Gasteiger partial charge is 0.307 e. The van der Waals surface area contributed by atoms with Crippen molar-refractivity contribution in [2.75, 3.05) is 0 Å². The van der Waals surface area contributed by atoms with Crippen molar-refractivity contribution >= 4 is 18.0 Å². The van der Waals surface area contributed by atoms with Gasteiger partial charge in [0.05, 0.1) is 5.54 Å². The molecule has 2 unspecified atom stereocenters. The van der Waals surface area contributed by atoms with Crippen LogP contribution in [-0.4, -0.2) is 17.4 Å². The minimum absolute atomic E-state index is 0.102. The van der Waals surface area contributed by atoms with E-state index < -0.39 is 5.54 Å². The number of aryl methyl sites for hydroxylation is 3. The van der Waals surface area contributed by atoms with Gasteiger partial charge in [-0.05, 0) is 62.3 Å². The van der Waals surface area contributed by atoms with Crippen molar-refractivity contribution in [3.8, 4) is 0 Å². The Kier molecular flexibility index (Phi) is 6.27. The van der Waals surface area contributed by atoms with Crippen molar-refractivity contribution in [2.45, 2.75) is 72.8 Å². The molecule has 0 heterocycles. The first-order valence-electron chi connectivity index (χ1n) is 9.40. The molecule has 0 aromatic heterocycles. The maximum absolute atomic E-state index is 12.0. The summed E-state index contributed by atoms with van der Waals surface area (Å²) in [6.07, 6.45) is 5.62. The molecule has 1 aromatic rings. The quantitative estimate of drug-likeness (QED) is 0.633. The van der Waals surface area contributed by atoms with Gasteiger partial charge in [0.15, 0.2) is 0 Å². The summed E-state index contributed by atoms with van der Waals surface area (Å²) in [4.78, 5) is 23.8. The molecule has 4 heteroatoms. The van der Waals surface area contributed by atoms with E-state index in [1.807, 2.05) is 6.08 Å². The van der Waals surface area contributed by atoms with Crippen LogP contribution in [0.15, 0.2) is 17.9 Å². The van der Waals surface area contributed by atoms with Crippen LogP contribution >= 0.6 is 0 Å². The van der Waals surface area contributed by atoms with Gasteiger partial charge in [-0.15, -0.1) is 0 Å². The Hall–Kier alpha value is -2.10. The summed E-state index contributed by atoms with van der Waals surface area (Å²) >= 11 is 0. The molecule has 0 saturated heterocycles. The molecular weight excluding hydrogens is 326 g/mol. The third-order valence-corrected chi connectivity index (χ3v) is 5.15. The summed E-state index contributed by atoms with van der Waals surface area (Å²) < 4.78 is 5.69. The van der Waals surface area contributed by atoms with Crippen molar-refractivity contribution in [3.05, 3.63) is 40.1 Å². The molecule has 1 fully saturated rings.